The van der Waals surface area contributed by atoms with Crippen LogP contribution < -0.4 is 10.5 Å². The summed E-state index contributed by atoms with van der Waals surface area (Å²) in [5.74, 6) is 1.09. The van der Waals surface area contributed by atoms with Crippen molar-refractivity contribution < 1.29 is 9.90 Å². The van der Waals surface area contributed by atoms with Crippen molar-refractivity contribution in [1.29, 1.82) is 0 Å². The fraction of sp³-hybridized carbons (Fsp3) is 0.192. The molecule has 2 aromatic carbocycles. The fourth-order valence-corrected chi connectivity index (χ4v) is 4.33. The Kier molecular flexibility index (Phi) is 6.94. The van der Waals surface area contributed by atoms with Crippen LogP contribution in [-0.4, -0.2) is 58.0 Å². The maximum atomic E-state index is 13.4. The Morgan fingerprint density at radius 2 is 1.92 bits per heavy atom. The number of nitrogens with zero attached hydrogens (tertiary/aromatic N) is 8. The van der Waals surface area contributed by atoms with E-state index in [4.69, 9.17) is 21.7 Å². The maximum absolute atomic E-state index is 13.4. The summed E-state index contributed by atoms with van der Waals surface area (Å²) in [6.07, 6.45) is 2.10. The van der Waals surface area contributed by atoms with Gasteiger partial charge in [-0.25, -0.2) is 14.8 Å². The van der Waals surface area contributed by atoms with Gasteiger partial charge in [0, 0.05) is 35.3 Å². The number of carbonyl (C=O) groups is 1. The quantitative estimate of drug-likeness (QED) is 0.309. The highest BCUT2D eigenvalue weighted by molar-refractivity contribution is 6.31. The van der Waals surface area contributed by atoms with E-state index in [1.54, 1.807) is 53.2 Å². The molecule has 0 spiro atoms. The SMILES string of the molecule is CC(C)c1nc(-c2cc(Cl)ccc2-n2cnnn2)cc(=O)n1Cc1ncc(-c2ccc(N(C)C(=O)O)cc2)[nH]1. The van der Waals surface area contributed by atoms with Crippen LogP contribution >= 0.6 is 11.6 Å². The van der Waals surface area contributed by atoms with Gasteiger partial charge in [-0.3, -0.25) is 14.3 Å². The van der Waals surface area contributed by atoms with E-state index in [9.17, 15) is 9.59 Å². The Bertz CT molecular complexity index is 1690. The number of anilines is 1. The zero-order valence-corrected chi connectivity index (χ0v) is 22.0. The van der Waals surface area contributed by atoms with E-state index in [0.29, 0.717) is 39.3 Å². The van der Waals surface area contributed by atoms with E-state index in [0.717, 1.165) is 16.2 Å². The molecular formula is C26H24ClN9O3. The van der Waals surface area contributed by atoms with E-state index in [1.165, 1.54) is 24.1 Å². The highest BCUT2D eigenvalue weighted by atomic mass is 35.5. The molecule has 0 atom stereocenters. The summed E-state index contributed by atoms with van der Waals surface area (Å²) in [4.78, 5) is 38.3. The second kappa shape index (κ2) is 10.5. The van der Waals surface area contributed by atoms with Gasteiger partial charge in [0.1, 0.15) is 18.0 Å². The number of benzene rings is 2. The van der Waals surface area contributed by atoms with Crippen LogP contribution in [0.4, 0.5) is 10.5 Å². The summed E-state index contributed by atoms with van der Waals surface area (Å²) >= 11 is 6.29. The third kappa shape index (κ3) is 5.27. The summed E-state index contributed by atoms with van der Waals surface area (Å²) in [6, 6.07) is 13.7. The number of rotatable bonds is 7. The van der Waals surface area contributed by atoms with Crippen molar-refractivity contribution in [3.05, 3.63) is 88.1 Å². The standard InChI is InChI=1S/C26H24ClN9O3/c1-15(2)25-31-20(19-10-17(27)6-9-22(19)36-14-29-32-33-36)11-24(37)35(25)13-23-28-12-21(30-23)16-4-7-18(8-5-16)34(3)26(38)39/h4-12,14-15H,13H2,1-3H3,(H,28,30)(H,38,39). The number of amides is 1. The first-order chi connectivity index (χ1) is 18.7. The monoisotopic (exact) mass is 545 g/mol. The zero-order chi connectivity index (χ0) is 27.7. The Balaban J connectivity index is 1.47. The molecule has 0 radical (unpaired) electrons. The zero-order valence-electron chi connectivity index (χ0n) is 21.3. The van der Waals surface area contributed by atoms with Gasteiger partial charge in [-0.05, 0) is 46.3 Å². The number of H-pyrrole nitrogens is 1. The van der Waals surface area contributed by atoms with Crippen molar-refractivity contribution in [2.75, 3.05) is 11.9 Å². The van der Waals surface area contributed by atoms with Crippen molar-refractivity contribution >= 4 is 23.4 Å². The van der Waals surface area contributed by atoms with Gasteiger partial charge in [0.15, 0.2) is 0 Å². The van der Waals surface area contributed by atoms with Crippen LogP contribution in [0.5, 0.6) is 0 Å². The minimum atomic E-state index is -1.04. The molecular weight excluding hydrogens is 522 g/mol. The first-order valence-corrected chi connectivity index (χ1v) is 12.3. The molecule has 0 aliphatic carbocycles. The predicted octanol–water partition coefficient (Wildman–Crippen LogP) is 4.22. The van der Waals surface area contributed by atoms with Gasteiger partial charge in [0.2, 0.25) is 0 Å². The smallest absolute Gasteiger partial charge is 0.411 e. The van der Waals surface area contributed by atoms with Gasteiger partial charge in [-0.15, -0.1) is 5.10 Å². The van der Waals surface area contributed by atoms with Crippen LogP contribution in [0, 0.1) is 0 Å². The molecule has 1 amide bonds. The van der Waals surface area contributed by atoms with Crippen molar-refractivity contribution in [3.63, 3.8) is 0 Å². The molecule has 3 heterocycles. The third-order valence-corrected chi connectivity index (χ3v) is 6.41. The molecule has 5 aromatic rings. The molecule has 0 aliphatic rings. The van der Waals surface area contributed by atoms with Crippen LogP contribution in [0.2, 0.25) is 5.02 Å². The van der Waals surface area contributed by atoms with Crippen LogP contribution in [-0.2, 0) is 6.54 Å². The lowest BCUT2D eigenvalue weighted by atomic mass is 10.1. The molecule has 0 aliphatic heterocycles. The van der Waals surface area contributed by atoms with Crippen molar-refractivity contribution in [2.45, 2.75) is 26.3 Å². The number of tetrazole rings is 1. The van der Waals surface area contributed by atoms with Gasteiger partial charge in [0.25, 0.3) is 5.56 Å². The number of imidazole rings is 1. The van der Waals surface area contributed by atoms with Crippen LogP contribution in [0.25, 0.3) is 28.2 Å². The number of hydrogen-bond donors (Lipinski definition) is 2. The minimum Gasteiger partial charge on any atom is -0.465 e. The molecule has 13 heteroatoms. The first-order valence-electron chi connectivity index (χ1n) is 12.0. The molecule has 0 unspecified atom stereocenters. The molecule has 3 aromatic heterocycles. The van der Waals surface area contributed by atoms with E-state index in [1.807, 2.05) is 13.8 Å². The van der Waals surface area contributed by atoms with Gasteiger partial charge in [-0.1, -0.05) is 37.6 Å². The number of aromatic amines is 1. The highest BCUT2D eigenvalue weighted by Crippen LogP contribution is 2.29. The summed E-state index contributed by atoms with van der Waals surface area (Å²) in [5, 5.41) is 21.0. The lowest BCUT2D eigenvalue weighted by Gasteiger charge is -2.16. The van der Waals surface area contributed by atoms with Crippen molar-refractivity contribution in [2.24, 2.45) is 0 Å². The molecule has 2 N–H and O–H groups in total. The normalized spacial score (nSPS) is 11.2. The summed E-state index contributed by atoms with van der Waals surface area (Å²) in [7, 11) is 1.48. The number of carboxylic acid groups (broad SMARTS) is 1. The van der Waals surface area contributed by atoms with Gasteiger partial charge in [0.05, 0.1) is 29.8 Å². The Hall–Kier alpha value is -4.84. The first kappa shape index (κ1) is 25.8. The number of aromatic nitrogens is 8. The summed E-state index contributed by atoms with van der Waals surface area (Å²) < 4.78 is 3.08. The van der Waals surface area contributed by atoms with E-state index >= 15 is 0 Å². The summed E-state index contributed by atoms with van der Waals surface area (Å²) in [6.45, 7) is 4.12. The van der Waals surface area contributed by atoms with Crippen LogP contribution in [0.3, 0.4) is 0 Å². The second-order valence-electron chi connectivity index (χ2n) is 9.13. The van der Waals surface area contributed by atoms with E-state index < -0.39 is 6.09 Å². The van der Waals surface area contributed by atoms with E-state index in [2.05, 4.69) is 25.5 Å². The lowest BCUT2D eigenvalue weighted by molar-refractivity contribution is 0.203. The van der Waals surface area contributed by atoms with E-state index in [-0.39, 0.29) is 18.0 Å². The van der Waals surface area contributed by atoms with Crippen molar-refractivity contribution in [1.82, 2.24) is 39.7 Å². The molecule has 39 heavy (non-hydrogen) atoms. The average Bonchev–Trinajstić information content (AvgIpc) is 3.62. The van der Waals surface area contributed by atoms with Crippen LogP contribution in [0.15, 0.2) is 65.8 Å². The molecule has 5 rings (SSSR count). The maximum Gasteiger partial charge on any atom is 0.411 e. The molecule has 0 saturated carbocycles. The van der Waals surface area contributed by atoms with Gasteiger partial charge < -0.3 is 10.1 Å². The van der Waals surface area contributed by atoms with Gasteiger partial charge >= 0.3 is 6.09 Å². The molecule has 0 bridgehead atoms. The molecule has 0 saturated heterocycles. The van der Waals surface area contributed by atoms with Crippen LogP contribution in [0.1, 0.15) is 31.4 Å². The topological polar surface area (TPSA) is 148 Å². The Labute approximate surface area is 227 Å². The Morgan fingerprint density at radius 3 is 2.59 bits per heavy atom. The Morgan fingerprint density at radius 1 is 1.15 bits per heavy atom. The fourth-order valence-electron chi connectivity index (χ4n) is 4.16. The largest absolute Gasteiger partial charge is 0.465 e. The molecule has 12 nitrogen and oxygen atoms in total. The second-order valence-corrected chi connectivity index (χ2v) is 9.56. The molecule has 198 valence electrons. The minimum absolute atomic E-state index is 0.0680. The lowest BCUT2D eigenvalue weighted by Crippen LogP contribution is -2.26. The van der Waals surface area contributed by atoms with Gasteiger partial charge in [-0.2, -0.15) is 4.68 Å². The van der Waals surface area contributed by atoms with Crippen molar-refractivity contribution in [3.8, 4) is 28.2 Å². The number of hydrogen-bond acceptors (Lipinski definition) is 7. The summed E-state index contributed by atoms with van der Waals surface area (Å²) in [5.41, 5.74) is 3.59. The molecule has 0 fully saturated rings. The predicted molar refractivity (Wildman–Crippen MR) is 145 cm³/mol. The number of nitrogens with one attached hydrogen (secondary N) is 1. The highest BCUT2D eigenvalue weighted by Gasteiger charge is 2.18. The third-order valence-electron chi connectivity index (χ3n) is 6.17. The average molecular weight is 546 g/mol. The number of halogens is 1.